The fourth-order valence-electron chi connectivity index (χ4n) is 4.42. The molecule has 0 fully saturated rings. The van der Waals surface area contributed by atoms with Crippen molar-refractivity contribution in [3.05, 3.63) is 36.4 Å². The number of rotatable bonds is 3. The Hall–Kier alpha value is -1.50. The van der Waals surface area contributed by atoms with Gasteiger partial charge in [-0.05, 0) is 50.4 Å². The Morgan fingerprint density at radius 3 is 1.33 bits per heavy atom. The summed E-state index contributed by atoms with van der Waals surface area (Å²) in [6.07, 6.45) is 0. The Kier molecular flexibility index (Phi) is 5.48. The van der Waals surface area contributed by atoms with Crippen LogP contribution in [0.5, 0.6) is 23.0 Å². The first kappa shape index (κ1) is 21.7. The zero-order chi connectivity index (χ0) is 21.8. The van der Waals surface area contributed by atoms with Crippen LogP contribution in [0.15, 0.2) is 36.4 Å². The number of hydrogen-bond donors (Lipinski definition) is 0. The fraction of sp³-hybridized carbons (Fsp3) is 0.500. The molecular weight excluding hydrogens is 414 g/mol. The van der Waals surface area contributed by atoms with Gasteiger partial charge in [-0.15, -0.1) is 0 Å². The maximum Gasteiger partial charge on any atom is 0.162 e. The van der Waals surface area contributed by atoms with Crippen LogP contribution in [0.25, 0.3) is 0 Å². The molecule has 0 spiro atoms. The molecule has 4 atom stereocenters. The van der Waals surface area contributed by atoms with E-state index in [9.17, 15) is 0 Å². The molecule has 0 aliphatic carbocycles. The standard InChI is InChI=1S/C24H32O4P2/c1-23(2,3)29-19-15(25-7)11-9-13-17(19)27-21(29)22-28-18-14-10-12-16(26-8)20(18)30(22)24(4,5)6/h9-14,21-22H,1-8H3. The normalized spacial score (nSPS) is 25.2. The molecule has 162 valence electrons. The first-order chi connectivity index (χ1) is 14.1. The Morgan fingerprint density at radius 1 is 0.667 bits per heavy atom. The van der Waals surface area contributed by atoms with Crippen molar-refractivity contribution in [1.29, 1.82) is 0 Å². The summed E-state index contributed by atoms with van der Waals surface area (Å²) < 4.78 is 24.9. The van der Waals surface area contributed by atoms with Gasteiger partial charge in [-0.25, -0.2) is 0 Å². The monoisotopic (exact) mass is 446 g/mol. The average Bonchev–Trinajstić information content (AvgIpc) is 3.25. The lowest BCUT2D eigenvalue weighted by molar-refractivity contribution is 0.171. The summed E-state index contributed by atoms with van der Waals surface area (Å²) in [5.41, 5.74) is 0. The molecule has 0 bridgehead atoms. The molecule has 2 heterocycles. The van der Waals surface area contributed by atoms with E-state index in [0.29, 0.717) is 0 Å². The lowest BCUT2D eigenvalue weighted by Crippen LogP contribution is -2.38. The first-order valence-corrected chi connectivity index (χ1v) is 13.2. The van der Waals surface area contributed by atoms with E-state index in [1.807, 2.05) is 24.3 Å². The van der Waals surface area contributed by atoms with E-state index in [-0.39, 0.29) is 22.0 Å². The van der Waals surface area contributed by atoms with E-state index < -0.39 is 15.8 Å². The van der Waals surface area contributed by atoms with Crippen molar-refractivity contribution in [3.8, 4) is 23.0 Å². The molecular formula is C24H32O4P2. The second kappa shape index (κ2) is 7.57. The van der Waals surface area contributed by atoms with Crippen LogP contribution in [0.4, 0.5) is 0 Å². The Morgan fingerprint density at radius 2 is 1.03 bits per heavy atom. The molecule has 0 saturated carbocycles. The third-order valence-corrected chi connectivity index (χ3v) is 12.3. The highest BCUT2D eigenvalue weighted by atomic mass is 31.1. The van der Waals surface area contributed by atoms with Crippen molar-refractivity contribution in [3.63, 3.8) is 0 Å². The van der Waals surface area contributed by atoms with Crippen LogP contribution in [0, 0.1) is 0 Å². The summed E-state index contributed by atoms with van der Waals surface area (Å²) in [6.45, 7) is 13.8. The third-order valence-electron chi connectivity index (χ3n) is 5.54. The molecule has 2 aliphatic heterocycles. The number of ether oxygens (including phenoxy) is 4. The summed E-state index contributed by atoms with van der Waals surface area (Å²) >= 11 is 0. The first-order valence-electron chi connectivity index (χ1n) is 10.3. The highest BCUT2D eigenvalue weighted by Gasteiger charge is 2.55. The zero-order valence-electron chi connectivity index (χ0n) is 19.1. The Balaban J connectivity index is 1.85. The van der Waals surface area contributed by atoms with E-state index in [4.69, 9.17) is 18.9 Å². The lowest BCUT2D eigenvalue weighted by Gasteiger charge is -2.39. The van der Waals surface area contributed by atoms with Crippen molar-refractivity contribution in [2.45, 2.75) is 63.5 Å². The van der Waals surface area contributed by atoms with Gasteiger partial charge >= 0.3 is 0 Å². The highest BCUT2D eigenvalue weighted by molar-refractivity contribution is 7.72. The minimum atomic E-state index is -0.690. The molecule has 2 aromatic carbocycles. The largest absolute Gasteiger partial charge is 0.496 e. The fourth-order valence-corrected chi connectivity index (χ4v) is 11.2. The summed E-state index contributed by atoms with van der Waals surface area (Å²) in [5.74, 6) is 3.66. The number of benzene rings is 2. The van der Waals surface area contributed by atoms with E-state index in [0.717, 1.165) is 23.0 Å². The number of fused-ring (bicyclic) bond motifs is 2. The van der Waals surface area contributed by atoms with E-state index in [1.165, 1.54) is 10.6 Å². The SMILES string of the molecule is COc1cccc2c1P(C(C)(C)C)C(C1Oc3cccc(OC)c3P1C(C)(C)C)O2. The molecule has 0 radical (unpaired) electrons. The summed E-state index contributed by atoms with van der Waals surface area (Å²) in [4.78, 5) is 0. The number of methoxy groups -OCH3 is 2. The van der Waals surface area contributed by atoms with Gasteiger partial charge < -0.3 is 18.9 Å². The van der Waals surface area contributed by atoms with Crippen LogP contribution in [-0.4, -0.2) is 36.2 Å². The quantitative estimate of drug-likeness (QED) is 0.571. The second-order valence-corrected chi connectivity index (χ2v) is 15.8. The van der Waals surface area contributed by atoms with Gasteiger partial charge in [0.25, 0.3) is 0 Å². The van der Waals surface area contributed by atoms with Gasteiger partial charge in [0.1, 0.15) is 23.0 Å². The average molecular weight is 446 g/mol. The van der Waals surface area contributed by atoms with Gasteiger partial charge in [0.05, 0.1) is 24.8 Å². The Labute approximate surface area is 182 Å². The number of hydrogen-bond acceptors (Lipinski definition) is 4. The van der Waals surface area contributed by atoms with Crippen molar-refractivity contribution in [2.24, 2.45) is 0 Å². The summed E-state index contributed by atoms with van der Waals surface area (Å²) in [7, 11) is 2.11. The van der Waals surface area contributed by atoms with Crippen molar-refractivity contribution < 1.29 is 18.9 Å². The molecule has 2 aliphatic rings. The van der Waals surface area contributed by atoms with Gasteiger partial charge in [0, 0.05) is 0 Å². The summed E-state index contributed by atoms with van der Waals surface area (Å²) in [5, 5.41) is 2.54. The van der Waals surface area contributed by atoms with Gasteiger partial charge in [0.15, 0.2) is 11.7 Å². The molecule has 0 N–H and O–H groups in total. The van der Waals surface area contributed by atoms with Gasteiger partial charge in [-0.2, -0.15) is 0 Å². The molecule has 0 amide bonds. The molecule has 2 aromatic rings. The van der Waals surface area contributed by atoms with Crippen LogP contribution in [0.2, 0.25) is 0 Å². The van der Waals surface area contributed by atoms with Crippen molar-refractivity contribution in [1.82, 2.24) is 0 Å². The molecule has 4 nitrogen and oxygen atoms in total. The molecule has 0 saturated heterocycles. The predicted octanol–water partition coefficient (Wildman–Crippen LogP) is 5.65. The van der Waals surface area contributed by atoms with E-state index >= 15 is 0 Å². The Bertz CT molecular complexity index is 868. The molecule has 4 rings (SSSR count). The highest BCUT2D eigenvalue weighted by Crippen LogP contribution is 2.69. The van der Waals surface area contributed by atoms with Crippen LogP contribution >= 0.6 is 15.8 Å². The smallest absolute Gasteiger partial charge is 0.162 e. The van der Waals surface area contributed by atoms with Gasteiger partial charge in [-0.3, -0.25) is 0 Å². The predicted molar refractivity (Wildman–Crippen MR) is 127 cm³/mol. The molecule has 0 aromatic heterocycles. The van der Waals surface area contributed by atoms with Crippen LogP contribution < -0.4 is 29.6 Å². The van der Waals surface area contributed by atoms with Crippen molar-refractivity contribution in [2.75, 3.05) is 14.2 Å². The summed E-state index contributed by atoms with van der Waals surface area (Å²) in [6, 6.07) is 12.3. The van der Waals surface area contributed by atoms with E-state index in [2.05, 4.69) is 53.7 Å². The second-order valence-electron chi connectivity index (χ2n) is 9.71. The van der Waals surface area contributed by atoms with E-state index in [1.54, 1.807) is 14.2 Å². The lowest BCUT2D eigenvalue weighted by atomic mass is 10.2. The maximum atomic E-state index is 6.70. The molecule has 4 unspecified atom stereocenters. The topological polar surface area (TPSA) is 36.9 Å². The van der Waals surface area contributed by atoms with Crippen LogP contribution in [0.3, 0.4) is 0 Å². The molecule has 30 heavy (non-hydrogen) atoms. The zero-order valence-corrected chi connectivity index (χ0v) is 20.9. The van der Waals surface area contributed by atoms with Gasteiger partial charge in [0.2, 0.25) is 0 Å². The van der Waals surface area contributed by atoms with Crippen LogP contribution in [-0.2, 0) is 0 Å². The maximum absolute atomic E-state index is 6.70. The minimum absolute atomic E-state index is 0.0336. The molecule has 6 heteroatoms. The van der Waals surface area contributed by atoms with Gasteiger partial charge in [-0.1, -0.05) is 53.7 Å². The van der Waals surface area contributed by atoms with Crippen LogP contribution in [0.1, 0.15) is 41.5 Å². The van der Waals surface area contributed by atoms with Crippen molar-refractivity contribution >= 4 is 26.5 Å². The minimum Gasteiger partial charge on any atom is -0.496 e. The third kappa shape index (κ3) is 3.47.